The van der Waals surface area contributed by atoms with Crippen molar-refractivity contribution in [1.82, 2.24) is 9.78 Å². The van der Waals surface area contributed by atoms with Gasteiger partial charge in [0, 0.05) is 23.2 Å². The predicted octanol–water partition coefficient (Wildman–Crippen LogP) is 10.8. The Bertz CT molecular complexity index is 2520. The Morgan fingerprint density at radius 2 is 1.32 bits per heavy atom. The van der Waals surface area contributed by atoms with Crippen LogP contribution in [0.15, 0.2) is 118 Å². The maximum absolute atomic E-state index is 13.0. The van der Waals surface area contributed by atoms with Crippen molar-refractivity contribution < 1.29 is 54.7 Å². The van der Waals surface area contributed by atoms with Crippen LogP contribution >= 0.6 is 15.9 Å². The Hall–Kier alpha value is -5.72. The maximum atomic E-state index is 13.0. The average Bonchev–Trinajstić information content (AvgIpc) is 3.73. The Morgan fingerprint density at radius 3 is 1.91 bits per heavy atom. The third-order valence-corrected chi connectivity index (χ3v) is 11.8. The standard InChI is InChI=1S/C22H21F3N2O2.C20H22BF3O2.C8H13BrN2O2/c1-3-29-21(28)14-27-15(2)20(13-26-27)19-7-5-4-6-17(19)12-16-8-10-18(11-9-16)22(23,24)25;1-18(2)19(3,4)26-21(25-18)17-11-6-5-9-15(17)12-14-8-7-10-16(13-14)20(22,23)24;1-3-13-8(12)5-11-4-7(9)6(2)10/h4-11,13H,3,12,14H2,1-2H3;5-11,13H,12H2,1-4H3;4H,3,5,10H2,1-2H3. The number of allylic oxidation sites excluding steroid dienone is 2. The van der Waals surface area contributed by atoms with Crippen molar-refractivity contribution in [1.29, 1.82) is 0 Å². The number of hydrogen-bond acceptors (Lipinski definition) is 9. The summed E-state index contributed by atoms with van der Waals surface area (Å²) in [5.74, 6) is -0.697. The van der Waals surface area contributed by atoms with E-state index in [-0.39, 0.29) is 25.0 Å². The van der Waals surface area contributed by atoms with E-state index in [1.54, 1.807) is 37.7 Å². The molecular weight excluding hydrogens is 957 g/mol. The highest BCUT2D eigenvalue weighted by molar-refractivity contribution is 9.12. The van der Waals surface area contributed by atoms with Crippen LogP contribution in [0.4, 0.5) is 26.3 Å². The predicted molar refractivity (Wildman–Crippen MR) is 255 cm³/mol. The first-order valence-electron chi connectivity index (χ1n) is 21.7. The smallest absolute Gasteiger partial charge is 0.465 e. The minimum atomic E-state index is -4.35. The molecule has 1 aliphatic heterocycles. The molecule has 18 heteroatoms. The van der Waals surface area contributed by atoms with E-state index in [2.05, 4.69) is 30.8 Å². The van der Waals surface area contributed by atoms with Crippen LogP contribution < -0.4 is 11.2 Å². The number of halogens is 7. The molecule has 0 saturated carbocycles. The Labute approximate surface area is 402 Å². The number of aliphatic imine (C=N–C) groups is 1. The van der Waals surface area contributed by atoms with E-state index >= 15 is 0 Å². The fourth-order valence-corrected chi connectivity index (χ4v) is 6.79. The van der Waals surface area contributed by atoms with E-state index < -0.39 is 41.8 Å². The number of esters is 2. The molecule has 2 N–H and O–H groups in total. The summed E-state index contributed by atoms with van der Waals surface area (Å²) >= 11 is 3.18. The van der Waals surface area contributed by atoms with Gasteiger partial charge in [-0.1, -0.05) is 78.9 Å². The molecule has 5 aromatic rings. The zero-order valence-electron chi connectivity index (χ0n) is 39.2. The van der Waals surface area contributed by atoms with Crippen LogP contribution in [0.25, 0.3) is 11.1 Å². The molecule has 1 aromatic heterocycles. The summed E-state index contributed by atoms with van der Waals surface area (Å²) in [5, 5.41) is 4.29. The van der Waals surface area contributed by atoms with Gasteiger partial charge in [-0.3, -0.25) is 19.3 Å². The molecule has 1 aliphatic rings. The van der Waals surface area contributed by atoms with Gasteiger partial charge in [-0.2, -0.15) is 31.4 Å². The summed E-state index contributed by atoms with van der Waals surface area (Å²) in [6, 6.07) is 25.9. The molecule has 0 amide bonds. The van der Waals surface area contributed by atoms with Crippen LogP contribution in [-0.4, -0.2) is 66.0 Å². The highest BCUT2D eigenvalue weighted by Gasteiger charge is 2.52. The largest absolute Gasteiger partial charge is 0.495 e. The summed E-state index contributed by atoms with van der Waals surface area (Å²) in [4.78, 5) is 26.4. The molecule has 0 bridgehead atoms. The molecule has 364 valence electrons. The summed E-state index contributed by atoms with van der Waals surface area (Å²) in [7, 11) is -0.540. The molecule has 0 atom stereocenters. The van der Waals surface area contributed by atoms with Crippen LogP contribution in [0, 0.1) is 6.92 Å². The lowest BCUT2D eigenvalue weighted by atomic mass is 9.74. The molecule has 0 aliphatic carbocycles. The summed E-state index contributed by atoms with van der Waals surface area (Å²) in [5.41, 5.74) is 10.5. The second kappa shape index (κ2) is 24.0. The number of hydrogen-bond donors (Lipinski definition) is 1. The van der Waals surface area contributed by atoms with Gasteiger partial charge < -0.3 is 24.5 Å². The number of nitrogens with two attached hydrogens (primary N) is 1. The first-order chi connectivity index (χ1) is 31.9. The van der Waals surface area contributed by atoms with Crippen LogP contribution in [0.3, 0.4) is 0 Å². The van der Waals surface area contributed by atoms with E-state index in [1.807, 2.05) is 83.1 Å². The minimum absolute atomic E-state index is 0.0240. The number of rotatable bonds is 13. The molecular formula is C50H56BBrF6N4O6. The van der Waals surface area contributed by atoms with Crippen molar-refractivity contribution in [3.63, 3.8) is 0 Å². The maximum Gasteiger partial charge on any atom is 0.495 e. The van der Waals surface area contributed by atoms with E-state index in [1.165, 1.54) is 30.5 Å². The lowest BCUT2D eigenvalue weighted by molar-refractivity contribution is -0.144. The summed E-state index contributed by atoms with van der Waals surface area (Å²) in [6.07, 6.45) is -4.64. The first kappa shape index (κ1) is 54.9. The van der Waals surface area contributed by atoms with Crippen LogP contribution in [0.5, 0.6) is 0 Å². The van der Waals surface area contributed by atoms with Crippen molar-refractivity contribution in [3.05, 3.63) is 153 Å². The summed E-state index contributed by atoms with van der Waals surface area (Å²) < 4.78 is 101. The Kier molecular flexibility index (Phi) is 19.4. The zero-order valence-corrected chi connectivity index (χ0v) is 40.8. The van der Waals surface area contributed by atoms with E-state index in [9.17, 15) is 35.9 Å². The lowest BCUT2D eigenvalue weighted by Crippen LogP contribution is -2.41. The van der Waals surface area contributed by atoms with E-state index in [4.69, 9.17) is 19.8 Å². The van der Waals surface area contributed by atoms with Gasteiger partial charge in [-0.15, -0.1) is 0 Å². The number of carbonyl (C=O) groups is 2. The van der Waals surface area contributed by atoms with Gasteiger partial charge in [-0.25, -0.2) is 0 Å². The molecule has 0 unspecified atom stereocenters. The molecule has 2 heterocycles. The van der Waals surface area contributed by atoms with Gasteiger partial charge in [0.05, 0.1) is 46.2 Å². The van der Waals surface area contributed by atoms with Gasteiger partial charge in [0.1, 0.15) is 13.1 Å². The topological polar surface area (TPSA) is 127 Å². The van der Waals surface area contributed by atoms with Gasteiger partial charge in [-0.05, 0) is 136 Å². The first-order valence-corrected chi connectivity index (χ1v) is 22.4. The molecule has 10 nitrogen and oxygen atoms in total. The molecule has 4 aromatic carbocycles. The summed E-state index contributed by atoms with van der Waals surface area (Å²) in [6.45, 7) is 15.7. The number of carbonyl (C=O) groups excluding carboxylic acids is 2. The zero-order chi connectivity index (χ0) is 50.5. The second-order valence-corrected chi connectivity index (χ2v) is 17.5. The third kappa shape index (κ3) is 15.7. The highest BCUT2D eigenvalue weighted by Crippen LogP contribution is 2.37. The van der Waals surface area contributed by atoms with Gasteiger partial charge in [0.15, 0.2) is 0 Å². The second-order valence-electron chi connectivity index (χ2n) is 16.6. The van der Waals surface area contributed by atoms with Gasteiger partial charge in [0.2, 0.25) is 0 Å². The normalized spacial score (nSPS) is 14.6. The van der Waals surface area contributed by atoms with Crippen molar-refractivity contribution in [2.45, 2.75) is 98.3 Å². The SMILES string of the molecule is CC1(C)OB(c2ccccc2Cc2cccc(C(F)(F)F)c2)OC1(C)C.CCOC(=O)CN=CC(Br)=C(C)N.CCOC(=O)Cn1ncc(-c2ccccc2Cc2ccc(C(F)(F)F)cc2)c1C. The van der Waals surface area contributed by atoms with E-state index in [0.29, 0.717) is 41.8 Å². The van der Waals surface area contributed by atoms with Crippen molar-refractivity contribution >= 4 is 46.7 Å². The van der Waals surface area contributed by atoms with Gasteiger partial charge >= 0.3 is 31.4 Å². The third-order valence-electron chi connectivity index (χ3n) is 11.0. The Balaban J connectivity index is 0.000000239. The quantitative estimate of drug-likeness (QED) is 0.0535. The number of benzene rings is 4. The lowest BCUT2D eigenvalue weighted by Gasteiger charge is -2.32. The molecule has 0 radical (unpaired) electrons. The van der Waals surface area contributed by atoms with Crippen LogP contribution in [-0.2, 0) is 60.1 Å². The molecule has 6 rings (SSSR count). The van der Waals surface area contributed by atoms with Crippen molar-refractivity contribution in [2.24, 2.45) is 10.7 Å². The molecule has 1 saturated heterocycles. The van der Waals surface area contributed by atoms with Crippen molar-refractivity contribution in [2.75, 3.05) is 19.8 Å². The van der Waals surface area contributed by atoms with E-state index in [0.717, 1.165) is 57.2 Å². The van der Waals surface area contributed by atoms with Crippen LogP contribution in [0.1, 0.15) is 87.5 Å². The highest BCUT2D eigenvalue weighted by atomic mass is 79.9. The molecule has 1 fully saturated rings. The van der Waals surface area contributed by atoms with Crippen LogP contribution in [0.2, 0.25) is 0 Å². The number of aromatic nitrogens is 2. The molecule has 0 spiro atoms. The number of nitrogens with zero attached hydrogens (tertiary/aromatic N) is 3. The average molecular weight is 1010 g/mol. The number of ether oxygens (including phenoxy) is 2. The minimum Gasteiger partial charge on any atom is -0.465 e. The van der Waals surface area contributed by atoms with Crippen molar-refractivity contribution in [3.8, 4) is 11.1 Å². The fraction of sp³-hybridized carbons (Fsp3) is 0.360. The molecule has 68 heavy (non-hydrogen) atoms. The monoisotopic (exact) mass is 1010 g/mol. The Morgan fingerprint density at radius 1 is 0.765 bits per heavy atom. The fourth-order valence-electron chi connectivity index (χ4n) is 6.65. The number of alkyl halides is 6. The van der Waals surface area contributed by atoms with Gasteiger partial charge in [0.25, 0.3) is 0 Å².